The Balaban J connectivity index is 2.11. The number of anilines is 1. The molecule has 3 nitrogen and oxygen atoms in total. The summed E-state index contributed by atoms with van der Waals surface area (Å²) in [5.41, 5.74) is 1.13. The molecule has 0 aliphatic rings. The van der Waals surface area contributed by atoms with Crippen molar-refractivity contribution < 1.29 is 0 Å². The zero-order valence-corrected chi connectivity index (χ0v) is 10.7. The molecule has 4 heteroatoms. The van der Waals surface area contributed by atoms with Crippen LogP contribution in [-0.4, -0.2) is 9.78 Å². The van der Waals surface area contributed by atoms with E-state index in [9.17, 15) is 0 Å². The molecule has 0 aliphatic heterocycles. The molecule has 2 aromatic rings. The average molecular weight is 235 g/mol. The predicted molar refractivity (Wildman–Crippen MR) is 68.9 cm³/mol. The molecule has 0 saturated heterocycles. The van der Waals surface area contributed by atoms with Gasteiger partial charge in [-0.2, -0.15) is 5.10 Å². The smallest absolute Gasteiger partial charge is 0.124 e. The van der Waals surface area contributed by atoms with E-state index in [0.29, 0.717) is 6.04 Å². The zero-order chi connectivity index (χ0) is 11.5. The van der Waals surface area contributed by atoms with Gasteiger partial charge in [-0.1, -0.05) is 13.0 Å². The number of thiophene rings is 1. The second-order valence-corrected chi connectivity index (χ2v) is 4.86. The summed E-state index contributed by atoms with van der Waals surface area (Å²) in [6, 6.07) is 6.68. The number of hydrogen-bond acceptors (Lipinski definition) is 3. The summed E-state index contributed by atoms with van der Waals surface area (Å²) in [5, 5.41) is 10.0. The van der Waals surface area contributed by atoms with E-state index in [1.54, 1.807) is 11.3 Å². The van der Waals surface area contributed by atoms with Gasteiger partial charge in [0.1, 0.15) is 5.82 Å². The van der Waals surface area contributed by atoms with E-state index in [-0.39, 0.29) is 0 Å². The first-order chi connectivity index (χ1) is 7.70. The lowest BCUT2D eigenvalue weighted by atomic mass is 10.2. The third-order valence-corrected chi connectivity index (χ3v) is 3.68. The second kappa shape index (κ2) is 4.70. The van der Waals surface area contributed by atoms with Crippen molar-refractivity contribution in [1.82, 2.24) is 9.78 Å². The first-order valence-electron chi connectivity index (χ1n) is 5.53. The van der Waals surface area contributed by atoms with E-state index in [4.69, 9.17) is 0 Å². The van der Waals surface area contributed by atoms with Crippen molar-refractivity contribution in [2.24, 2.45) is 7.05 Å². The Morgan fingerprint density at radius 2 is 2.38 bits per heavy atom. The van der Waals surface area contributed by atoms with Crippen molar-refractivity contribution in [1.29, 1.82) is 0 Å². The van der Waals surface area contributed by atoms with Gasteiger partial charge in [0.2, 0.25) is 0 Å². The van der Waals surface area contributed by atoms with E-state index >= 15 is 0 Å². The first-order valence-corrected chi connectivity index (χ1v) is 6.41. The first kappa shape index (κ1) is 11.2. The van der Waals surface area contributed by atoms with Gasteiger partial charge in [-0.3, -0.25) is 4.68 Å². The van der Waals surface area contributed by atoms with Crippen molar-refractivity contribution in [3.05, 3.63) is 34.2 Å². The molecule has 1 unspecified atom stereocenters. The number of nitrogens with zero attached hydrogens (tertiary/aromatic N) is 2. The highest BCUT2D eigenvalue weighted by molar-refractivity contribution is 7.10. The summed E-state index contributed by atoms with van der Waals surface area (Å²) in [5.74, 6) is 1.08. The lowest BCUT2D eigenvalue weighted by Gasteiger charge is -2.13. The van der Waals surface area contributed by atoms with Crippen LogP contribution in [-0.2, 0) is 13.5 Å². The van der Waals surface area contributed by atoms with E-state index < -0.39 is 0 Å². The van der Waals surface area contributed by atoms with Crippen LogP contribution >= 0.6 is 11.3 Å². The maximum atomic E-state index is 4.42. The van der Waals surface area contributed by atoms with Gasteiger partial charge in [0, 0.05) is 18.0 Å². The molecule has 1 N–H and O–H groups in total. The van der Waals surface area contributed by atoms with Crippen LogP contribution in [0.2, 0.25) is 0 Å². The van der Waals surface area contributed by atoms with Gasteiger partial charge in [0.05, 0.1) is 11.7 Å². The van der Waals surface area contributed by atoms with Gasteiger partial charge < -0.3 is 5.32 Å². The fourth-order valence-electron chi connectivity index (χ4n) is 1.67. The summed E-state index contributed by atoms with van der Waals surface area (Å²) in [4.78, 5) is 1.35. The molecule has 0 fully saturated rings. The quantitative estimate of drug-likeness (QED) is 0.882. The zero-order valence-electron chi connectivity index (χ0n) is 9.90. The highest BCUT2D eigenvalue weighted by Gasteiger charge is 2.09. The van der Waals surface area contributed by atoms with Crippen molar-refractivity contribution in [2.75, 3.05) is 5.32 Å². The van der Waals surface area contributed by atoms with Gasteiger partial charge in [-0.05, 0) is 24.8 Å². The molecule has 0 radical (unpaired) electrons. The summed E-state index contributed by atoms with van der Waals surface area (Å²) >= 11 is 1.78. The average Bonchev–Trinajstić information content (AvgIpc) is 2.88. The second-order valence-electron chi connectivity index (χ2n) is 3.88. The van der Waals surface area contributed by atoms with Crippen LogP contribution in [0.25, 0.3) is 0 Å². The molecule has 0 spiro atoms. The standard InChI is InChI=1S/C12H17N3S/c1-4-10-8-12(15(3)14-10)13-9(2)11-6-5-7-16-11/h5-9,13H,4H2,1-3H3. The Morgan fingerprint density at radius 3 is 2.94 bits per heavy atom. The van der Waals surface area contributed by atoms with Crippen LogP contribution in [0.1, 0.15) is 30.5 Å². The minimum absolute atomic E-state index is 0.333. The van der Waals surface area contributed by atoms with Crippen LogP contribution in [0.5, 0.6) is 0 Å². The van der Waals surface area contributed by atoms with Crippen LogP contribution in [0.3, 0.4) is 0 Å². The third kappa shape index (κ3) is 2.27. The Kier molecular flexibility index (Phi) is 3.29. The van der Waals surface area contributed by atoms with Crippen LogP contribution in [0.15, 0.2) is 23.6 Å². The van der Waals surface area contributed by atoms with Crippen LogP contribution < -0.4 is 5.32 Å². The normalized spacial score (nSPS) is 12.7. The Morgan fingerprint density at radius 1 is 1.56 bits per heavy atom. The topological polar surface area (TPSA) is 29.9 Å². The fraction of sp³-hybridized carbons (Fsp3) is 0.417. The monoisotopic (exact) mass is 235 g/mol. The lowest BCUT2D eigenvalue weighted by Crippen LogP contribution is -2.08. The van der Waals surface area contributed by atoms with Gasteiger partial charge in [-0.15, -0.1) is 11.3 Å². The van der Waals surface area contributed by atoms with Crippen molar-refractivity contribution >= 4 is 17.2 Å². The summed E-state index contributed by atoms with van der Waals surface area (Å²) in [7, 11) is 1.97. The molecule has 0 bridgehead atoms. The number of aromatic nitrogens is 2. The third-order valence-electron chi connectivity index (χ3n) is 2.63. The molecule has 0 aliphatic carbocycles. The molecule has 0 aromatic carbocycles. The molecule has 2 aromatic heterocycles. The Bertz CT molecular complexity index is 445. The Labute approximate surface area is 100 Å². The molecule has 1 atom stereocenters. The maximum absolute atomic E-state index is 4.42. The van der Waals surface area contributed by atoms with Gasteiger partial charge in [-0.25, -0.2) is 0 Å². The molecule has 2 heterocycles. The molecule has 0 amide bonds. The van der Waals surface area contributed by atoms with Crippen molar-refractivity contribution in [3.63, 3.8) is 0 Å². The maximum Gasteiger partial charge on any atom is 0.124 e. The highest BCUT2D eigenvalue weighted by Crippen LogP contribution is 2.23. The van der Waals surface area contributed by atoms with Crippen LogP contribution in [0.4, 0.5) is 5.82 Å². The van der Waals surface area contributed by atoms with Crippen molar-refractivity contribution in [2.45, 2.75) is 26.3 Å². The lowest BCUT2D eigenvalue weighted by molar-refractivity contribution is 0.736. The molecule has 0 saturated carbocycles. The van der Waals surface area contributed by atoms with Crippen molar-refractivity contribution in [3.8, 4) is 0 Å². The number of rotatable bonds is 4. The SMILES string of the molecule is CCc1cc(NC(C)c2cccs2)n(C)n1. The summed E-state index contributed by atoms with van der Waals surface area (Å²) < 4.78 is 1.91. The number of hydrogen-bond donors (Lipinski definition) is 1. The largest absolute Gasteiger partial charge is 0.363 e. The van der Waals surface area contributed by atoms with E-state index in [2.05, 4.69) is 47.8 Å². The van der Waals surface area contributed by atoms with Gasteiger partial charge >= 0.3 is 0 Å². The fourth-order valence-corrected chi connectivity index (χ4v) is 2.40. The molecule has 2 rings (SSSR count). The minimum atomic E-state index is 0.333. The van der Waals surface area contributed by atoms with Crippen LogP contribution in [0, 0.1) is 0 Å². The van der Waals surface area contributed by atoms with Gasteiger partial charge in [0.15, 0.2) is 0 Å². The van der Waals surface area contributed by atoms with E-state index in [1.807, 2.05) is 11.7 Å². The molecule has 86 valence electrons. The Hall–Kier alpha value is -1.29. The molecular weight excluding hydrogens is 218 g/mol. The minimum Gasteiger partial charge on any atom is -0.363 e. The molecular formula is C12H17N3S. The van der Waals surface area contributed by atoms with E-state index in [1.165, 1.54) is 4.88 Å². The highest BCUT2D eigenvalue weighted by atomic mass is 32.1. The van der Waals surface area contributed by atoms with Gasteiger partial charge in [0.25, 0.3) is 0 Å². The summed E-state index contributed by atoms with van der Waals surface area (Å²) in [6.45, 7) is 4.29. The summed E-state index contributed by atoms with van der Waals surface area (Å²) in [6.07, 6.45) is 0.975. The predicted octanol–water partition coefficient (Wildman–Crippen LogP) is 3.22. The number of nitrogens with one attached hydrogen (secondary N) is 1. The van der Waals surface area contributed by atoms with E-state index in [0.717, 1.165) is 17.9 Å². The number of aryl methyl sites for hydroxylation is 2. The molecule has 16 heavy (non-hydrogen) atoms.